The second kappa shape index (κ2) is 45.4. The third-order valence-corrected chi connectivity index (χ3v) is 8.39. The number of rotatable bonds is 26. The monoisotopic (exact) mass is 993 g/mol. The fourth-order valence-electron chi connectivity index (χ4n) is 4.54. The molecule has 21 heteroatoms. The van der Waals surface area contributed by atoms with Gasteiger partial charge in [-0.1, -0.05) is 57.5 Å². The number of esters is 4. The van der Waals surface area contributed by atoms with Crippen molar-refractivity contribution < 1.29 is 90.3 Å². The van der Waals surface area contributed by atoms with E-state index in [-0.39, 0.29) is 50.4 Å². The van der Waals surface area contributed by atoms with Crippen molar-refractivity contribution >= 4 is 42.0 Å². The van der Waals surface area contributed by atoms with Crippen molar-refractivity contribution in [3.8, 4) is 0 Å². The highest BCUT2D eigenvalue weighted by molar-refractivity contribution is 5.84. The molecule has 0 fully saturated rings. The van der Waals surface area contributed by atoms with Gasteiger partial charge in [0.05, 0.1) is 39.1 Å². The van der Waals surface area contributed by atoms with Crippen LogP contribution in [0.15, 0.2) is 35.3 Å². The third-order valence-electron chi connectivity index (χ3n) is 8.39. The first-order valence-corrected chi connectivity index (χ1v) is 23.3. The molecule has 1 heterocycles. The Morgan fingerprint density at radius 2 is 1.29 bits per heavy atom. The average molecular weight is 993 g/mol. The molecule has 6 unspecified atom stereocenters. The van der Waals surface area contributed by atoms with Crippen LogP contribution in [0.1, 0.15) is 114 Å². The van der Waals surface area contributed by atoms with Crippen molar-refractivity contribution in [3.05, 3.63) is 35.9 Å². The van der Waals surface area contributed by atoms with Gasteiger partial charge in [-0.15, -0.1) is 0 Å². The minimum Gasteiger partial charge on any atom is -0.476 e. The molecule has 0 radical (unpaired) electrons. The second-order valence-electron chi connectivity index (χ2n) is 14.4. The summed E-state index contributed by atoms with van der Waals surface area (Å²) in [5, 5.41) is 0. The zero-order chi connectivity index (χ0) is 53.0. The maximum absolute atomic E-state index is 11.5. The molecule has 1 amide bonds. The molecular weight excluding hydrogens is 909 g/mol. The molecule has 1 aliphatic rings. The smallest absolute Gasteiger partial charge is 0.476 e. The molecule has 0 saturated carbocycles. The lowest BCUT2D eigenvalue weighted by atomic mass is 10.2. The summed E-state index contributed by atoms with van der Waals surface area (Å²) in [6, 6.07) is 9.19. The summed E-state index contributed by atoms with van der Waals surface area (Å²) in [6.07, 6.45) is -1.07. The Hall–Kier alpha value is -5.09. The molecule has 21 nitrogen and oxygen atoms in total. The number of hydrogen-bond donors (Lipinski definition) is 0. The molecule has 0 aliphatic carbocycles. The van der Waals surface area contributed by atoms with Gasteiger partial charge in [0.25, 0.3) is 0 Å². The molecular formula is C48H84N2O19. The number of ether oxygens (including phenoxy) is 13. The predicted molar refractivity (Wildman–Crippen MR) is 255 cm³/mol. The fourth-order valence-corrected chi connectivity index (χ4v) is 4.54. The highest BCUT2D eigenvalue weighted by Gasteiger charge is 2.22. The van der Waals surface area contributed by atoms with Crippen LogP contribution in [0.2, 0.25) is 0 Å². The highest BCUT2D eigenvalue weighted by Crippen LogP contribution is 2.06. The molecule has 0 spiro atoms. The molecule has 0 N–H and O–H groups in total. The van der Waals surface area contributed by atoms with Crippen LogP contribution < -0.4 is 0 Å². The Morgan fingerprint density at radius 1 is 0.696 bits per heavy atom. The normalized spacial score (nSPS) is 13.6. The summed E-state index contributed by atoms with van der Waals surface area (Å²) in [4.78, 5) is 72.8. The maximum Gasteiger partial charge on any atom is 0.509 e. The number of methoxy groups -OCH3 is 3. The Bertz CT molecular complexity index is 1510. The van der Waals surface area contributed by atoms with Gasteiger partial charge in [-0.3, -0.25) is 4.79 Å². The van der Waals surface area contributed by atoms with E-state index in [1.54, 1.807) is 41.9 Å². The van der Waals surface area contributed by atoms with E-state index in [0.29, 0.717) is 58.4 Å². The summed E-state index contributed by atoms with van der Waals surface area (Å²) in [5.41, 5.74) is 0.846. The number of aliphatic imine (C=N–C) groups is 1. The fraction of sp³-hybridized carbons (Fsp3) is 0.729. The summed E-state index contributed by atoms with van der Waals surface area (Å²) in [6.45, 7) is 25.5. The number of carbonyl (C=O) groups excluding carboxylic acids is 6. The van der Waals surface area contributed by atoms with Gasteiger partial charge in [0.1, 0.15) is 20.0 Å². The average Bonchev–Trinajstić information content (AvgIpc) is 3.89. The number of benzene rings is 1. The number of carbonyl (C=O) groups is 6. The highest BCUT2D eigenvalue weighted by atomic mass is 16.7. The topological polar surface area (TPSA) is 238 Å². The van der Waals surface area contributed by atoms with Crippen LogP contribution in [0.4, 0.5) is 9.59 Å². The van der Waals surface area contributed by atoms with E-state index in [9.17, 15) is 28.8 Å². The SMILES string of the molecule is CCC(=O)OC(C)C1=NCCO1.CCCCOC(=O)C(C)OCOC.CCCOC(=O)C(C)OC(=O)N(CC)CC.CCOC(=O)C(C)OC(=O)OCc1ccccc1.COCC(C)OC(C)OC. The zero-order valence-electron chi connectivity index (χ0n) is 43.9. The molecule has 0 saturated heterocycles. The van der Waals surface area contributed by atoms with Gasteiger partial charge >= 0.3 is 36.1 Å². The van der Waals surface area contributed by atoms with E-state index in [1.165, 1.54) is 25.9 Å². The van der Waals surface area contributed by atoms with Crippen LogP contribution in [0, 0.1) is 0 Å². The lowest BCUT2D eigenvalue weighted by molar-refractivity contribution is -0.163. The van der Waals surface area contributed by atoms with Gasteiger partial charge in [0.2, 0.25) is 5.90 Å². The van der Waals surface area contributed by atoms with Crippen molar-refractivity contribution in [1.29, 1.82) is 0 Å². The molecule has 400 valence electrons. The van der Waals surface area contributed by atoms with E-state index in [1.807, 2.05) is 71.9 Å². The van der Waals surface area contributed by atoms with E-state index in [0.717, 1.165) is 24.8 Å². The van der Waals surface area contributed by atoms with Crippen molar-refractivity contribution in [3.63, 3.8) is 0 Å². The van der Waals surface area contributed by atoms with Crippen molar-refractivity contribution in [2.45, 2.75) is 152 Å². The van der Waals surface area contributed by atoms with Crippen LogP contribution in [-0.4, -0.2) is 165 Å². The summed E-state index contributed by atoms with van der Waals surface area (Å²) < 4.78 is 63.9. The van der Waals surface area contributed by atoms with E-state index < -0.39 is 42.5 Å². The van der Waals surface area contributed by atoms with Gasteiger partial charge in [0.15, 0.2) is 30.7 Å². The van der Waals surface area contributed by atoms with Gasteiger partial charge in [-0.25, -0.2) is 29.0 Å². The number of unbranched alkanes of at least 4 members (excludes halogenated alkanes) is 1. The molecule has 1 aliphatic heterocycles. The molecule has 69 heavy (non-hydrogen) atoms. The maximum atomic E-state index is 11.5. The third kappa shape index (κ3) is 38.5. The minimum atomic E-state index is -0.965. The van der Waals surface area contributed by atoms with Crippen LogP contribution in [0.25, 0.3) is 0 Å². The molecule has 6 atom stereocenters. The summed E-state index contributed by atoms with van der Waals surface area (Å²) in [7, 11) is 4.77. The molecule has 2 rings (SSSR count). The Morgan fingerprint density at radius 3 is 1.80 bits per heavy atom. The first-order chi connectivity index (χ1) is 32.8. The largest absolute Gasteiger partial charge is 0.509 e. The molecule has 0 aromatic heterocycles. The summed E-state index contributed by atoms with van der Waals surface area (Å²) >= 11 is 0. The quantitative estimate of drug-likeness (QED) is 0.0385. The van der Waals surface area contributed by atoms with Crippen molar-refractivity contribution in [1.82, 2.24) is 4.90 Å². The molecule has 1 aromatic rings. The van der Waals surface area contributed by atoms with E-state index in [4.69, 9.17) is 56.8 Å². The first-order valence-electron chi connectivity index (χ1n) is 23.3. The number of hydrogen-bond acceptors (Lipinski definition) is 20. The molecule has 0 bridgehead atoms. The van der Waals surface area contributed by atoms with Crippen LogP contribution in [0.3, 0.4) is 0 Å². The molecule has 1 aromatic carbocycles. The lowest BCUT2D eigenvalue weighted by Gasteiger charge is -2.20. The van der Waals surface area contributed by atoms with Crippen molar-refractivity contribution in [2.75, 3.05) is 80.8 Å². The minimum absolute atomic E-state index is 0.0972. The Balaban J connectivity index is -0.000000801. The Kier molecular flexibility index (Phi) is 44.8. The zero-order valence-corrected chi connectivity index (χ0v) is 43.9. The van der Waals surface area contributed by atoms with Crippen molar-refractivity contribution in [2.24, 2.45) is 4.99 Å². The Labute approximate surface area is 410 Å². The summed E-state index contributed by atoms with van der Waals surface area (Å²) in [5.74, 6) is -1.10. The van der Waals surface area contributed by atoms with Crippen LogP contribution in [-0.2, 0) is 87.4 Å². The number of nitrogens with zero attached hydrogens (tertiary/aromatic N) is 2. The second-order valence-corrected chi connectivity index (χ2v) is 14.4. The van der Waals surface area contributed by atoms with Crippen LogP contribution >= 0.6 is 0 Å². The standard InChI is InChI=1S/C13H16O5.C11H21NO4.C9H18O4.C8H13NO3.C7H16O3/c1-3-16-12(14)10(2)18-13(15)17-9-11-7-5-4-6-8-11;1-5-8-15-10(13)9(4)16-11(14)12(6-2)7-3;1-4-5-6-12-9(10)8(2)13-7-11-3;1-3-7(10)12-6(2)8-9-4-5-11-8;1-6(5-8-3)10-7(2)9-4/h4-8,10H,3,9H2,1-2H3;9H,5-8H2,1-4H3;8H,4-7H2,1-3H3;6H,3-5H2,1-2H3;6-7H,5H2,1-4H3. The predicted octanol–water partition coefficient (Wildman–Crippen LogP) is 7.22. The number of amides is 1. The van der Waals surface area contributed by atoms with E-state index in [2.05, 4.69) is 9.73 Å². The lowest BCUT2D eigenvalue weighted by Crippen LogP contribution is -2.36. The van der Waals surface area contributed by atoms with Gasteiger partial charge in [0, 0.05) is 40.8 Å². The van der Waals surface area contributed by atoms with Gasteiger partial charge in [-0.2, -0.15) is 0 Å². The van der Waals surface area contributed by atoms with Crippen LogP contribution in [0.5, 0.6) is 0 Å². The first kappa shape index (κ1) is 68.2. The van der Waals surface area contributed by atoms with Gasteiger partial charge in [-0.05, 0) is 80.7 Å². The van der Waals surface area contributed by atoms with Gasteiger partial charge < -0.3 is 66.5 Å². The van der Waals surface area contributed by atoms with E-state index >= 15 is 0 Å².